The summed E-state index contributed by atoms with van der Waals surface area (Å²) in [5, 5.41) is 0. The fourth-order valence-corrected chi connectivity index (χ4v) is 3.40. The molecule has 2 saturated heterocycles. The van der Waals surface area contributed by atoms with Crippen molar-refractivity contribution in [3.05, 3.63) is 0 Å². The highest BCUT2D eigenvalue weighted by Gasteiger charge is 2.70. The second-order valence-electron chi connectivity index (χ2n) is 5.19. The van der Waals surface area contributed by atoms with Crippen molar-refractivity contribution in [1.29, 1.82) is 0 Å². The number of hydrogen-bond donors (Lipinski definition) is 0. The lowest BCUT2D eigenvalue weighted by molar-refractivity contribution is -0.167. The van der Waals surface area contributed by atoms with Crippen molar-refractivity contribution in [2.24, 2.45) is 11.3 Å². The molecule has 5 heteroatoms. The van der Waals surface area contributed by atoms with Crippen LogP contribution in [0.25, 0.3) is 0 Å². The molecule has 0 spiro atoms. The van der Waals surface area contributed by atoms with Gasteiger partial charge in [0.05, 0.1) is 25.9 Å². The third-order valence-corrected chi connectivity index (χ3v) is 4.26. The summed E-state index contributed by atoms with van der Waals surface area (Å²) in [7, 11) is 2.66. The lowest BCUT2D eigenvalue weighted by atomic mass is 9.63. The number of rotatable bonds is 2. The molecule has 0 unspecified atom stereocenters. The van der Waals surface area contributed by atoms with Crippen molar-refractivity contribution in [2.75, 3.05) is 14.2 Å². The van der Waals surface area contributed by atoms with Gasteiger partial charge >= 0.3 is 11.9 Å². The summed E-state index contributed by atoms with van der Waals surface area (Å²) in [6.45, 7) is 3.60. The van der Waals surface area contributed by atoms with Crippen LogP contribution in [0.3, 0.4) is 0 Å². The number of hydrogen-bond acceptors (Lipinski definition) is 5. The Bertz CT molecular complexity index is 366. The summed E-state index contributed by atoms with van der Waals surface area (Å²) >= 11 is 0. The van der Waals surface area contributed by atoms with Crippen LogP contribution in [-0.4, -0.2) is 37.9 Å². The van der Waals surface area contributed by atoms with Crippen LogP contribution < -0.4 is 0 Å². The summed E-state index contributed by atoms with van der Waals surface area (Å²) in [6, 6.07) is 0. The Labute approximate surface area is 100 Å². The molecule has 2 rings (SSSR count). The number of methoxy groups -OCH3 is 2. The smallest absolute Gasteiger partial charge is 0.315 e. The maximum Gasteiger partial charge on any atom is 0.315 e. The third-order valence-electron chi connectivity index (χ3n) is 4.26. The highest BCUT2D eigenvalue weighted by molar-refractivity contribution is 5.87. The van der Waals surface area contributed by atoms with Crippen molar-refractivity contribution >= 4 is 11.9 Å². The molecule has 96 valence electrons. The van der Waals surface area contributed by atoms with Gasteiger partial charge in [0.1, 0.15) is 11.3 Å². The minimum Gasteiger partial charge on any atom is -0.469 e. The van der Waals surface area contributed by atoms with E-state index in [2.05, 4.69) is 0 Å². The molecule has 0 saturated carbocycles. The summed E-state index contributed by atoms with van der Waals surface area (Å²) in [5.74, 6) is -1.39. The largest absolute Gasteiger partial charge is 0.469 e. The Morgan fingerprint density at radius 3 is 2.41 bits per heavy atom. The molecule has 2 aliphatic rings. The van der Waals surface area contributed by atoms with E-state index in [4.69, 9.17) is 14.2 Å². The summed E-state index contributed by atoms with van der Waals surface area (Å²) in [4.78, 5) is 23.9. The standard InChI is InChI=1S/C12H18O5/c1-11-6-5-7(17-11)12(2,10(14)16-4)8(11)9(13)15-3/h7-8H,5-6H2,1-4H3/t7-,8+,11+,12-/m1/s1. The van der Waals surface area contributed by atoms with E-state index in [1.165, 1.54) is 14.2 Å². The number of ether oxygens (including phenoxy) is 3. The highest BCUT2D eigenvalue weighted by atomic mass is 16.6. The number of fused-ring (bicyclic) bond motifs is 2. The fourth-order valence-electron chi connectivity index (χ4n) is 3.40. The van der Waals surface area contributed by atoms with Crippen molar-refractivity contribution in [3.8, 4) is 0 Å². The Morgan fingerprint density at radius 1 is 1.24 bits per heavy atom. The van der Waals surface area contributed by atoms with Gasteiger partial charge in [-0.05, 0) is 26.7 Å². The van der Waals surface area contributed by atoms with Crippen molar-refractivity contribution < 1.29 is 23.8 Å². The van der Waals surface area contributed by atoms with Crippen LogP contribution in [0.5, 0.6) is 0 Å². The summed E-state index contributed by atoms with van der Waals surface area (Å²) < 4.78 is 15.5. The Hall–Kier alpha value is -1.10. The van der Waals surface area contributed by atoms with E-state index in [1.807, 2.05) is 6.92 Å². The van der Waals surface area contributed by atoms with Crippen molar-refractivity contribution in [2.45, 2.75) is 38.4 Å². The normalized spacial score (nSPS) is 43.5. The van der Waals surface area contributed by atoms with E-state index in [0.29, 0.717) is 0 Å². The zero-order chi connectivity index (χ0) is 12.8. The first-order valence-corrected chi connectivity index (χ1v) is 5.74. The first kappa shape index (κ1) is 12.4. The molecule has 0 aliphatic carbocycles. The molecule has 4 atom stereocenters. The maximum absolute atomic E-state index is 12.0. The SMILES string of the molecule is COC(=O)[C@@H]1[C@](C)(C(=O)OC)[C@H]2CC[C@]1(C)O2. The third kappa shape index (κ3) is 1.41. The van der Waals surface area contributed by atoms with E-state index < -0.39 is 28.9 Å². The van der Waals surface area contributed by atoms with Gasteiger partial charge in [0.15, 0.2) is 0 Å². The highest BCUT2D eigenvalue weighted by Crippen LogP contribution is 2.58. The average molecular weight is 242 g/mol. The molecule has 17 heavy (non-hydrogen) atoms. The summed E-state index contributed by atoms with van der Waals surface area (Å²) in [5.41, 5.74) is -1.55. The second-order valence-corrected chi connectivity index (χ2v) is 5.19. The first-order valence-electron chi connectivity index (χ1n) is 5.74. The predicted octanol–water partition coefficient (Wildman–Crippen LogP) is 0.906. The Kier molecular flexibility index (Phi) is 2.69. The number of carbonyl (C=O) groups excluding carboxylic acids is 2. The monoisotopic (exact) mass is 242 g/mol. The zero-order valence-corrected chi connectivity index (χ0v) is 10.6. The van der Waals surface area contributed by atoms with Crippen LogP contribution in [-0.2, 0) is 23.8 Å². The second kappa shape index (κ2) is 3.70. The van der Waals surface area contributed by atoms with Gasteiger partial charge in [-0.2, -0.15) is 0 Å². The molecule has 2 aliphatic heterocycles. The van der Waals surface area contributed by atoms with Crippen LogP contribution in [0.1, 0.15) is 26.7 Å². The topological polar surface area (TPSA) is 61.8 Å². The molecule has 2 fully saturated rings. The van der Waals surface area contributed by atoms with E-state index in [0.717, 1.165) is 12.8 Å². The van der Waals surface area contributed by atoms with Crippen molar-refractivity contribution in [1.82, 2.24) is 0 Å². The molecule has 0 aromatic heterocycles. The van der Waals surface area contributed by atoms with Gasteiger partial charge in [-0.1, -0.05) is 0 Å². The van der Waals surface area contributed by atoms with Gasteiger partial charge in [0.2, 0.25) is 0 Å². The van der Waals surface area contributed by atoms with E-state index in [1.54, 1.807) is 6.92 Å². The average Bonchev–Trinajstić information content (AvgIpc) is 2.79. The summed E-state index contributed by atoms with van der Waals surface area (Å²) in [6.07, 6.45) is 1.28. The van der Waals surface area contributed by atoms with E-state index in [-0.39, 0.29) is 6.10 Å². The quantitative estimate of drug-likeness (QED) is 0.673. The van der Waals surface area contributed by atoms with Crippen molar-refractivity contribution in [3.63, 3.8) is 0 Å². The molecule has 0 radical (unpaired) electrons. The molecule has 2 bridgehead atoms. The molecule has 5 nitrogen and oxygen atoms in total. The molecular weight excluding hydrogens is 224 g/mol. The molecule has 0 N–H and O–H groups in total. The molecule has 0 amide bonds. The minimum atomic E-state index is -0.936. The van der Waals surface area contributed by atoms with Crippen LogP contribution in [0.15, 0.2) is 0 Å². The van der Waals surface area contributed by atoms with Crippen LogP contribution in [0, 0.1) is 11.3 Å². The van der Waals surface area contributed by atoms with Crippen LogP contribution in [0.2, 0.25) is 0 Å². The van der Waals surface area contributed by atoms with E-state index >= 15 is 0 Å². The van der Waals surface area contributed by atoms with Gasteiger partial charge < -0.3 is 14.2 Å². The van der Waals surface area contributed by atoms with Crippen LogP contribution in [0.4, 0.5) is 0 Å². The van der Waals surface area contributed by atoms with Gasteiger partial charge in [0, 0.05) is 0 Å². The Morgan fingerprint density at radius 2 is 1.88 bits per heavy atom. The zero-order valence-electron chi connectivity index (χ0n) is 10.6. The molecule has 0 aromatic rings. The first-order chi connectivity index (χ1) is 7.90. The molecular formula is C12H18O5. The lowest BCUT2D eigenvalue weighted by Crippen LogP contribution is -2.51. The van der Waals surface area contributed by atoms with Crippen LogP contribution >= 0.6 is 0 Å². The predicted molar refractivity (Wildman–Crippen MR) is 58.1 cm³/mol. The van der Waals surface area contributed by atoms with Gasteiger partial charge in [-0.3, -0.25) is 9.59 Å². The Balaban J connectivity index is 2.44. The van der Waals surface area contributed by atoms with Gasteiger partial charge in [-0.25, -0.2) is 0 Å². The number of carbonyl (C=O) groups is 2. The van der Waals surface area contributed by atoms with E-state index in [9.17, 15) is 9.59 Å². The van der Waals surface area contributed by atoms with Gasteiger partial charge in [0.25, 0.3) is 0 Å². The fraction of sp³-hybridized carbons (Fsp3) is 0.833. The maximum atomic E-state index is 12.0. The number of esters is 2. The van der Waals surface area contributed by atoms with Gasteiger partial charge in [-0.15, -0.1) is 0 Å². The molecule has 0 aromatic carbocycles. The lowest BCUT2D eigenvalue weighted by Gasteiger charge is -2.37. The minimum absolute atomic E-state index is 0.260. The molecule has 2 heterocycles.